The van der Waals surface area contributed by atoms with E-state index in [4.69, 9.17) is 9.40 Å². The lowest BCUT2D eigenvalue weighted by Gasteiger charge is -2.08. The summed E-state index contributed by atoms with van der Waals surface area (Å²) in [5.74, 6) is -0.265. The number of carbonyl (C=O) groups is 1. The van der Waals surface area contributed by atoms with Crippen molar-refractivity contribution in [3.05, 3.63) is 119 Å². The fourth-order valence-electron chi connectivity index (χ4n) is 4.02. The highest BCUT2D eigenvalue weighted by Crippen LogP contribution is 2.31. The molecular weight excluding hydrogens is 456 g/mol. The van der Waals surface area contributed by atoms with E-state index in [2.05, 4.69) is 5.32 Å². The summed E-state index contributed by atoms with van der Waals surface area (Å²) in [4.78, 5) is 30.3. The van der Waals surface area contributed by atoms with Crippen molar-refractivity contribution in [1.82, 2.24) is 4.98 Å². The van der Waals surface area contributed by atoms with E-state index in [9.17, 15) is 9.59 Å². The summed E-state index contributed by atoms with van der Waals surface area (Å²) in [7, 11) is 0. The first kappa shape index (κ1) is 21.0. The highest BCUT2D eigenvalue weighted by Gasteiger charge is 2.13. The van der Waals surface area contributed by atoms with Crippen LogP contribution in [0.4, 0.5) is 5.69 Å². The molecule has 2 heterocycles. The van der Waals surface area contributed by atoms with Gasteiger partial charge in [0.15, 0.2) is 0 Å². The monoisotopic (exact) mass is 474 g/mol. The molecule has 6 rings (SSSR count). The Morgan fingerprint density at radius 1 is 0.800 bits per heavy atom. The van der Waals surface area contributed by atoms with Crippen LogP contribution in [0.15, 0.2) is 112 Å². The van der Waals surface area contributed by atoms with Crippen molar-refractivity contribution in [3.63, 3.8) is 0 Å². The molecule has 0 saturated carbocycles. The number of fused-ring (bicyclic) bond motifs is 2. The Hall–Kier alpha value is -4.55. The molecule has 0 aliphatic rings. The van der Waals surface area contributed by atoms with Crippen molar-refractivity contribution in [2.24, 2.45) is 0 Å². The molecule has 1 N–H and O–H groups in total. The van der Waals surface area contributed by atoms with E-state index < -0.39 is 5.63 Å². The summed E-state index contributed by atoms with van der Waals surface area (Å²) in [5, 5.41) is 4.68. The number of aromatic nitrogens is 1. The summed E-state index contributed by atoms with van der Waals surface area (Å²) in [6, 6.07) is 31.8. The van der Waals surface area contributed by atoms with Crippen LogP contribution in [0.25, 0.3) is 42.9 Å². The van der Waals surface area contributed by atoms with Gasteiger partial charge in [-0.25, -0.2) is 9.78 Å². The van der Waals surface area contributed by atoms with Crippen molar-refractivity contribution in [2.75, 3.05) is 5.32 Å². The van der Waals surface area contributed by atoms with E-state index in [0.29, 0.717) is 28.0 Å². The number of carbonyl (C=O) groups excluding carboxylic acids is 1. The standard InChI is InChI=1S/C29H18N2O3S/c32-27(30-22-11-6-10-21(16-22)28-31-24-12-2-4-14-26(24)35-28)20-9-5-8-18(15-20)23-17-19-7-1-3-13-25(19)34-29(23)33/h1-17H,(H,30,32). The second-order valence-corrected chi connectivity index (χ2v) is 9.12. The minimum absolute atomic E-state index is 0.265. The Morgan fingerprint density at radius 2 is 1.60 bits per heavy atom. The Balaban J connectivity index is 1.28. The molecule has 0 fully saturated rings. The molecule has 168 valence electrons. The van der Waals surface area contributed by atoms with Crippen molar-refractivity contribution in [3.8, 4) is 21.7 Å². The smallest absolute Gasteiger partial charge is 0.344 e. The van der Waals surface area contributed by atoms with Crippen LogP contribution in [0.5, 0.6) is 0 Å². The van der Waals surface area contributed by atoms with Crippen LogP contribution in [0.3, 0.4) is 0 Å². The zero-order valence-electron chi connectivity index (χ0n) is 18.4. The first-order valence-corrected chi connectivity index (χ1v) is 11.9. The van der Waals surface area contributed by atoms with E-state index in [0.717, 1.165) is 26.2 Å². The highest BCUT2D eigenvalue weighted by molar-refractivity contribution is 7.21. The molecular formula is C29H18N2O3S. The first-order valence-electron chi connectivity index (χ1n) is 11.0. The van der Waals surface area contributed by atoms with Gasteiger partial charge in [-0.1, -0.05) is 54.6 Å². The topological polar surface area (TPSA) is 72.2 Å². The normalized spacial score (nSPS) is 11.1. The fourth-order valence-corrected chi connectivity index (χ4v) is 4.98. The molecule has 0 saturated heterocycles. The summed E-state index contributed by atoms with van der Waals surface area (Å²) in [5.41, 5.74) is 4.13. The predicted molar refractivity (Wildman–Crippen MR) is 141 cm³/mol. The van der Waals surface area contributed by atoms with Gasteiger partial charge in [-0.15, -0.1) is 11.3 Å². The molecule has 6 aromatic rings. The molecule has 0 aliphatic carbocycles. The number of amides is 1. The third-order valence-corrected chi connectivity index (χ3v) is 6.82. The molecule has 4 aromatic carbocycles. The molecule has 0 spiro atoms. The van der Waals surface area contributed by atoms with Crippen LogP contribution in [0.1, 0.15) is 10.4 Å². The quantitative estimate of drug-likeness (QED) is 0.280. The maximum absolute atomic E-state index is 13.1. The highest BCUT2D eigenvalue weighted by atomic mass is 32.1. The predicted octanol–water partition coefficient (Wildman–Crippen LogP) is 6.99. The Morgan fingerprint density at radius 3 is 2.51 bits per heavy atom. The third kappa shape index (κ3) is 4.11. The second-order valence-electron chi connectivity index (χ2n) is 8.09. The van der Waals surface area contributed by atoms with E-state index in [1.807, 2.05) is 66.7 Å². The lowest BCUT2D eigenvalue weighted by Crippen LogP contribution is -2.12. The van der Waals surface area contributed by atoms with Crippen LogP contribution in [-0.4, -0.2) is 10.9 Å². The number of rotatable bonds is 4. The van der Waals surface area contributed by atoms with Gasteiger partial charge in [-0.2, -0.15) is 0 Å². The lowest BCUT2D eigenvalue weighted by atomic mass is 10.0. The molecule has 0 radical (unpaired) electrons. The van der Waals surface area contributed by atoms with Gasteiger partial charge in [-0.3, -0.25) is 4.79 Å². The van der Waals surface area contributed by atoms with E-state index in [1.54, 1.807) is 47.7 Å². The van der Waals surface area contributed by atoms with Crippen LogP contribution < -0.4 is 10.9 Å². The Bertz CT molecular complexity index is 1750. The minimum Gasteiger partial charge on any atom is -0.422 e. The molecule has 0 bridgehead atoms. The maximum atomic E-state index is 13.1. The van der Waals surface area contributed by atoms with Gasteiger partial charge in [0, 0.05) is 22.2 Å². The number of benzene rings is 4. The van der Waals surface area contributed by atoms with Crippen molar-refractivity contribution < 1.29 is 9.21 Å². The molecule has 0 atom stereocenters. The number of nitrogens with one attached hydrogen (secondary N) is 1. The molecule has 6 heteroatoms. The molecule has 1 amide bonds. The Labute approximate surface area is 204 Å². The van der Waals surface area contributed by atoms with Crippen molar-refractivity contribution >= 4 is 44.1 Å². The van der Waals surface area contributed by atoms with Crippen molar-refractivity contribution in [2.45, 2.75) is 0 Å². The van der Waals surface area contributed by atoms with Crippen LogP contribution in [0.2, 0.25) is 0 Å². The first-order chi connectivity index (χ1) is 17.1. The fraction of sp³-hybridized carbons (Fsp3) is 0. The largest absolute Gasteiger partial charge is 0.422 e. The maximum Gasteiger partial charge on any atom is 0.344 e. The van der Waals surface area contributed by atoms with Gasteiger partial charge in [0.1, 0.15) is 10.6 Å². The number of hydrogen-bond acceptors (Lipinski definition) is 5. The number of anilines is 1. The van der Waals surface area contributed by atoms with Gasteiger partial charge in [0.05, 0.1) is 15.8 Å². The molecule has 5 nitrogen and oxygen atoms in total. The minimum atomic E-state index is -0.440. The van der Waals surface area contributed by atoms with E-state index >= 15 is 0 Å². The summed E-state index contributed by atoms with van der Waals surface area (Å²) >= 11 is 1.61. The Kier molecular flexibility index (Phi) is 5.20. The third-order valence-electron chi connectivity index (χ3n) is 5.74. The van der Waals surface area contributed by atoms with Crippen LogP contribution in [-0.2, 0) is 0 Å². The van der Waals surface area contributed by atoms with Gasteiger partial charge >= 0.3 is 5.63 Å². The molecule has 0 unspecified atom stereocenters. The zero-order valence-corrected chi connectivity index (χ0v) is 19.2. The van der Waals surface area contributed by atoms with E-state index in [-0.39, 0.29) is 5.91 Å². The van der Waals surface area contributed by atoms with Gasteiger partial charge < -0.3 is 9.73 Å². The number of hydrogen-bond donors (Lipinski definition) is 1. The number of thiazole rings is 1. The van der Waals surface area contributed by atoms with Gasteiger partial charge in [0.25, 0.3) is 5.91 Å². The summed E-state index contributed by atoms with van der Waals surface area (Å²) in [6.45, 7) is 0. The zero-order chi connectivity index (χ0) is 23.8. The number of para-hydroxylation sites is 2. The molecule has 2 aromatic heterocycles. The second kappa shape index (κ2) is 8.66. The van der Waals surface area contributed by atoms with Crippen LogP contribution in [0, 0.1) is 0 Å². The number of nitrogens with zero attached hydrogens (tertiary/aromatic N) is 1. The summed E-state index contributed by atoms with van der Waals surface area (Å²) < 4.78 is 6.58. The molecule has 35 heavy (non-hydrogen) atoms. The SMILES string of the molecule is O=C(Nc1cccc(-c2nc3ccccc3s2)c1)c1cccc(-c2cc3ccccc3oc2=O)c1. The lowest BCUT2D eigenvalue weighted by molar-refractivity contribution is 0.102. The van der Waals surface area contributed by atoms with E-state index in [1.165, 1.54) is 0 Å². The average Bonchev–Trinajstić information content (AvgIpc) is 3.33. The van der Waals surface area contributed by atoms with Gasteiger partial charge in [-0.05, 0) is 54.1 Å². The van der Waals surface area contributed by atoms with Crippen LogP contribution >= 0.6 is 11.3 Å². The van der Waals surface area contributed by atoms with Gasteiger partial charge in [0.2, 0.25) is 0 Å². The average molecular weight is 475 g/mol. The molecule has 0 aliphatic heterocycles. The summed E-state index contributed by atoms with van der Waals surface area (Å²) in [6.07, 6.45) is 0. The van der Waals surface area contributed by atoms with Crippen molar-refractivity contribution in [1.29, 1.82) is 0 Å².